The van der Waals surface area contributed by atoms with E-state index in [9.17, 15) is 9.59 Å². The molecule has 7 heteroatoms. The second-order valence-corrected chi connectivity index (χ2v) is 26.3. The number of allylic oxidation sites excluding steroid dienone is 1. The van der Waals surface area contributed by atoms with Crippen molar-refractivity contribution in [3.8, 4) is 11.5 Å². The monoisotopic (exact) mass is 663 g/mol. The highest BCUT2D eigenvalue weighted by Crippen LogP contribution is 2.53. The molecule has 46 heavy (non-hydrogen) atoms. The maximum Gasteiger partial charge on any atom is 0.258 e. The van der Waals surface area contributed by atoms with Gasteiger partial charge in [0, 0.05) is 37.2 Å². The minimum atomic E-state index is -2.46. The second kappa shape index (κ2) is 14.6. The van der Waals surface area contributed by atoms with Crippen molar-refractivity contribution in [2.24, 2.45) is 5.92 Å². The third kappa shape index (κ3) is 6.82. The molecule has 0 bridgehead atoms. The van der Waals surface area contributed by atoms with Crippen LogP contribution < -0.4 is 8.85 Å². The fourth-order valence-electron chi connectivity index (χ4n) is 8.78. The number of benzene rings is 2. The topological polar surface area (TPSA) is 55.8 Å². The quantitative estimate of drug-likeness (QED) is 0.158. The van der Waals surface area contributed by atoms with E-state index in [1.165, 1.54) is 0 Å². The summed E-state index contributed by atoms with van der Waals surface area (Å²) in [6.07, 6.45) is 2.11. The Labute approximate surface area is 282 Å². The Bertz CT molecular complexity index is 1370. The Balaban J connectivity index is 2.45. The van der Waals surface area contributed by atoms with Crippen molar-refractivity contribution in [3.63, 3.8) is 0 Å². The van der Waals surface area contributed by atoms with Gasteiger partial charge in [0.25, 0.3) is 16.6 Å². The van der Waals surface area contributed by atoms with Crippen molar-refractivity contribution < 1.29 is 18.4 Å². The number of amides is 1. The van der Waals surface area contributed by atoms with Crippen LogP contribution in [0.2, 0.25) is 33.2 Å². The summed E-state index contributed by atoms with van der Waals surface area (Å²) in [5, 5.41) is 0. The van der Waals surface area contributed by atoms with E-state index in [0.29, 0.717) is 44.6 Å². The van der Waals surface area contributed by atoms with Crippen LogP contribution in [0.15, 0.2) is 48.0 Å². The smallest absolute Gasteiger partial charge is 0.258 e. The molecule has 0 fully saturated rings. The third-order valence-corrected chi connectivity index (χ3v) is 22.7. The zero-order chi connectivity index (χ0) is 34.9. The van der Waals surface area contributed by atoms with E-state index in [0.717, 1.165) is 22.4 Å². The molecule has 2 aromatic rings. The Morgan fingerprint density at radius 1 is 0.717 bits per heavy atom. The highest BCUT2D eigenvalue weighted by Gasteiger charge is 2.52. The van der Waals surface area contributed by atoms with Gasteiger partial charge in [-0.3, -0.25) is 9.59 Å². The molecule has 0 aliphatic heterocycles. The van der Waals surface area contributed by atoms with Crippen molar-refractivity contribution in [1.82, 2.24) is 4.90 Å². The Kier molecular flexibility index (Phi) is 12.0. The molecule has 0 heterocycles. The van der Waals surface area contributed by atoms with Crippen LogP contribution in [0.5, 0.6) is 11.5 Å². The molecule has 0 unspecified atom stereocenters. The standard InChI is InChI=1S/C39H61NO4Si2/c1-24(2)45(25(3)4,26(5)6)43-32-22-33-36(34(23-32)44-46(27(7)8,28(9)10)29(11)12)35(37(38(33)41)39(42)40(14)15)30(13)21-31-19-17-16-18-20-31/h16-29,35,37H,1-15H3/b30-21+/t35-,37+/m1/s1. The Morgan fingerprint density at radius 2 is 1.17 bits per heavy atom. The van der Waals surface area contributed by atoms with Crippen LogP contribution in [-0.4, -0.2) is 47.3 Å². The highest BCUT2D eigenvalue weighted by molar-refractivity contribution is 6.79. The molecule has 1 amide bonds. The molecule has 0 radical (unpaired) electrons. The molecule has 1 aliphatic rings. The van der Waals surface area contributed by atoms with Crippen molar-refractivity contribution in [1.29, 1.82) is 0 Å². The van der Waals surface area contributed by atoms with E-state index < -0.39 is 28.5 Å². The average Bonchev–Trinajstić information content (AvgIpc) is 3.25. The van der Waals surface area contributed by atoms with E-state index in [1.54, 1.807) is 19.0 Å². The highest BCUT2D eigenvalue weighted by atomic mass is 28.4. The van der Waals surface area contributed by atoms with Crippen LogP contribution in [0.4, 0.5) is 0 Å². The molecule has 0 saturated carbocycles. The van der Waals surface area contributed by atoms with Gasteiger partial charge in [-0.05, 0) is 51.8 Å². The molecule has 0 saturated heterocycles. The summed E-state index contributed by atoms with van der Waals surface area (Å²) in [4.78, 5) is 30.1. The maximum absolute atomic E-state index is 14.6. The summed E-state index contributed by atoms with van der Waals surface area (Å²) >= 11 is 0. The molecule has 5 nitrogen and oxygen atoms in total. The van der Waals surface area contributed by atoms with Crippen LogP contribution in [0, 0.1) is 5.92 Å². The number of fused-ring (bicyclic) bond motifs is 1. The predicted molar refractivity (Wildman–Crippen MR) is 199 cm³/mol. The first-order valence-corrected chi connectivity index (χ1v) is 21.7. The number of Topliss-reactive ketones (excluding diaryl/α,β-unsaturated/α-hetero) is 1. The number of hydrogen-bond acceptors (Lipinski definition) is 4. The van der Waals surface area contributed by atoms with Gasteiger partial charge in [0.05, 0.1) is 0 Å². The molecule has 0 N–H and O–H groups in total. The lowest BCUT2D eigenvalue weighted by atomic mass is 9.84. The molecule has 3 rings (SSSR count). The second-order valence-electron chi connectivity index (χ2n) is 15.6. The van der Waals surface area contributed by atoms with Gasteiger partial charge in [-0.25, -0.2) is 0 Å². The summed E-state index contributed by atoms with van der Waals surface area (Å²) < 4.78 is 14.7. The average molecular weight is 664 g/mol. The SMILES string of the molecule is C/C(=C\c1ccccc1)[C@@H]1c2c(O[Si](C(C)C)(C(C)C)C(C)C)cc(O[Si](C(C)C)(C(C)C)C(C)C)cc2C(=O)[C@H]1C(=O)N(C)C. The summed E-state index contributed by atoms with van der Waals surface area (Å²) in [6.45, 7) is 29.4. The Morgan fingerprint density at radius 3 is 1.61 bits per heavy atom. The molecule has 2 atom stereocenters. The van der Waals surface area contributed by atoms with E-state index in [2.05, 4.69) is 114 Å². The fourth-order valence-corrected chi connectivity index (χ4v) is 19.3. The van der Waals surface area contributed by atoms with E-state index in [4.69, 9.17) is 8.85 Å². The molecular weight excluding hydrogens is 603 g/mol. The van der Waals surface area contributed by atoms with Gasteiger partial charge in [0.2, 0.25) is 5.91 Å². The van der Waals surface area contributed by atoms with Crippen LogP contribution >= 0.6 is 0 Å². The Hall–Kier alpha value is -2.65. The van der Waals surface area contributed by atoms with Gasteiger partial charge in [0.15, 0.2) is 5.78 Å². The van der Waals surface area contributed by atoms with Gasteiger partial charge in [-0.2, -0.15) is 0 Å². The number of carbonyl (C=O) groups excluding carboxylic acids is 2. The summed E-state index contributed by atoms with van der Waals surface area (Å²) in [7, 11) is -1.35. The van der Waals surface area contributed by atoms with Crippen molar-refractivity contribution in [2.45, 2.75) is 129 Å². The van der Waals surface area contributed by atoms with Gasteiger partial charge < -0.3 is 13.8 Å². The number of nitrogens with zero attached hydrogens (tertiary/aromatic N) is 1. The van der Waals surface area contributed by atoms with Crippen LogP contribution in [0.3, 0.4) is 0 Å². The molecule has 2 aromatic carbocycles. The minimum Gasteiger partial charge on any atom is -0.543 e. The van der Waals surface area contributed by atoms with Crippen molar-refractivity contribution in [2.75, 3.05) is 14.1 Å². The fraction of sp³-hybridized carbons (Fsp3) is 0.590. The summed E-state index contributed by atoms with van der Waals surface area (Å²) in [5.74, 6) is -0.212. The van der Waals surface area contributed by atoms with Crippen LogP contribution in [0.25, 0.3) is 6.08 Å². The summed E-state index contributed by atoms with van der Waals surface area (Å²) in [6, 6.07) is 14.2. The molecular formula is C39H61NO4Si2. The molecule has 0 spiro atoms. The first-order chi connectivity index (χ1) is 21.3. The maximum atomic E-state index is 14.6. The van der Waals surface area contributed by atoms with E-state index in [-0.39, 0.29) is 11.7 Å². The van der Waals surface area contributed by atoms with Gasteiger partial charge in [0.1, 0.15) is 17.4 Å². The zero-order valence-electron chi connectivity index (χ0n) is 31.3. The van der Waals surface area contributed by atoms with Crippen molar-refractivity contribution >= 4 is 34.4 Å². The van der Waals surface area contributed by atoms with Crippen LogP contribution in [-0.2, 0) is 4.79 Å². The lowest BCUT2D eigenvalue weighted by molar-refractivity contribution is -0.131. The van der Waals surface area contributed by atoms with Gasteiger partial charge >= 0.3 is 0 Å². The van der Waals surface area contributed by atoms with Gasteiger partial charge in [-0.1, -0.05) is 125 Å². The lowest BCUT2D eigenvalue weighted by Gasteiger charge is -2.44. The van der Waals surface area contributed by atoms with Crippen LogP contribution in [0.1, 0.15) is 117 Å². The molecule has 254 valence electrons. The number of hydrogen-bond donors (Lipinski definition) is 0. The molecule has 1 aliphatic carbocycles. The lowest BCUT2D eigenvalue weighted by Crippen LogP contribution is -2.51. The third-order valence-electron chi connectivity index (χ3n) is 10.7. The summed E-state index contributed by atoms with van der Waals surface area (Å²) in [5.41, 5.74) is 5.50. The minimum absolute atomic E-state index is 0.147. The molecule has 0 aromatic heterocycles. The largest absolute Gasteiger partial charge is 0.543 e. The van der Waals surface area contributed by atoms with Crippen molar-refractivity contribution in [3.05, 3.63) is 64.7 Å². The predicted octanol–water partition coefficient (Wildman–Crippen LogP) is 10.9. The number of rotatable bonds is 13. The first-order valence-electron chi connectivity index (χ1n) is 17.4. The zero-order valence-corrected chi connectivity index (χ0v) is 33.3. The number of carbonyl (C=O) groups is 2. The normalized spacial score (nSPS) is 17.6. The van der Waals surface area contributed by atoms with E-state index >= 15 is 0 Å². The van der Waals surface area contributed by atoms with Gasteiger partial charge in [-0.15, -0.1) is 0 Å². The number of ketones is 1. The first kappa shape index (κ1) is 37.8. The van der Waals surface area contributed by atoms with E-state index in [1.807, 2.05) is 24.3 Å².